The Morgan fingerprint density at radius 3 is 2.61 bits per heavy atom. The molecule has 1 aromatic heterocycles. The fourth-order valence-corrected chi connectivity index (χ4v) is 4.85. The first-order chi connectivity index (χ1) is 17.2. The zero-order valence-electron chi connectivity index (χ0n) is 19.3. The molecule has 2 amide bonds. The third kappa shape index (κ3) is 4.80. The molecule has 2 N–H and O–H groups in total. The number of anilines is 1. The van der Waals surface area contributed by atoms with Crippen molar-refractivity contribution in [3.05, 3.63) is 59.2 Å². The van der Waals surface area contributed by atoms with Crippen molar-refractivity contribution in [2.75, 3.05) is 24.7 Å². The van der Waals surface area contributed by atoms with Crippen LogP contribution in [-0.2, 0) is 15.7 Å². The summed E-state index contributed by atoms with van der Waals surface area (Å²) in [4.78, 5) is 34.2. The van der Waals surface area contributed by atoms with E-state index in [0.29, 0.717) is 50.0 Å². The minimum atomic E-state index is -4.58. The third-order valence-corrected chi connectivity index (χ3v) is 6.69. The number of aromatic amines is 1. The Kier molecular flexibility index (Phi) is 6.44. The smallest absolute Gasteiger partial charge is 0.393 e. The number of aliphatic hydroxyl groups is 1. The van der Waals surface area contributed by atoms with Crippen LogP contribution in [0.25, 0.3) is 11.0 Å². The van der Waals surface area contributed by atoms with Gasteiger partial charge in [0, 0.05) is 23.8 Å². The first kappa shape index (κ1) is 24.3. The second-order valence-electron chi connectivity index (χ2n) is 9.08. The highest BCUT2D eigenvalue weighted by molar-refractivity contribution is 5.97. The summed E-state index contributed by atoms with van der Waals surface area (Å²) >= 11 is 0. The second-order valence-corrected chi connectivity index (χ2v) is 9.08. The number of imidazole rings is 1. The number of carbonyl (C=O) groups excluding carboxylic acids is 2. The molecule has 11 heteroatoms. The topological polar surface area (TPSA) is 99.9 Å². The van der Waals surface area contributed by atoms with E-state index >= 15 is 0 Å². The van der Waals surface area contributed by atoms with Gasteiger partial charge in [-0.3, -0.25) is 9.59 Å². The van der Waals surface area contributed by atoms with Gasteiger partial charge in [0.25, 0.3) is 11.8 Å². The number of rotatable bonds is 3. The number of halogens is 3. The summed E-state index contributed by atoms with van der Waals surface area (Å²) < 4.78 is 46.5. The fourth-order valence-electron chi connectivity index (χ4n) is 4.85. The lowest BCUT2D eigenvalue weighted by atomic mass is 9.93. The number of H-pyrrole nitrogens is 1. The summed E-state index contributed by atoms with van der Waals surface area (Å²) in [5.74, 6) is -0.966. The standard InChI is InChI=1S/C25H25F3N4O4/c26-25(27,28)16-3-1-2-15(12-16)23(35)30-24-29-20-13-18(31-10-11-36-14-22(31)34)6-9-21(20)32(24)17-4-7-19(33)8-5-17/h1-3,6,9,12-13,17,19,33H,4-5,7-8,10-11,14H2,(H,29,30,35). The molecule has 2 aromatic carbocycles. The number of aromatic nitrogens is 2. The molecule has 2 aliphatic rings. The van der Waals surface area contributed by atoms with Gasteiger partial charge in [0.2, 0.25) is 5.62 Å². The first-order valence-corrected chi connectivity index (χ1v) is 11.8. The molecule has 3 aromatic rings. The maximum absolute atomic E-state index is 13.1. The predicted molar refractivity (Wildman–Crippen MR) is 124 cm³/mol. The van der Waals surface area contributed by atoms with Crippen molar-refractivity contribution < 1.29 is 32.6 Å². The number of nitrogens with one attached hydrogen (secondary N) is 1. The predicted octanol–water partition coefficient (Wildman–Crippen LogP) is 3.57. The molecule has 190 valence electrons. The molecule has 1 saturated carbocycles. The van der Waals surface area contributed by atoms with E-state index in [0.717, 1.165) is 17.6 Å². The van der Waals surface area contributed by atoms with Crippen LogP contribution in [0.5, 0.6) is 0 Å². The second kappa shape index (κ2) is 9.55. The molecule has 5 rings (SSSR count). The molecule has 1 aliphatic heterocycles. The van der Waals surface area contributed by atoms with Crippen LogP contribution in [-0.4, -0.2) is 52.3 Å². The third-order valence-electron chi connectivity index (χ3n) is 6.69. The van der Waals surface area contributed by atoms with E-state index in [1.807, 2.05) is 16.7 Å². The number of benzene rings is 2. The molecule has 0 radical (unpaired) electrons. The lowest BCUT2D eigenvalue weighted by Gasteiger charge is -2.28. The highest BCUT2D eigenvalue weighted by Gasteiger charge is 2.31. The number of nitrogens with zero attached hydrogens (tertiary/aromatic N) is 3. The van der Waals surface area contributed by atoms with Gasteiger partial charge in [-0.15, -0.1) is 0 Å². The highest BCUT2D eigenvalue weighted by atomic mass is 19.4. The summed E-state index contributed by atoms with van der Waals surface area (Å²) in [6, 6.07) is 9.55. The molecule has 8 nitrogen and oxygen atoms in total. The molecule has 1 saturated heterocycles. The number of carbonyl (C=O) groups is 2. The number of fused-ring (bicyclic) bond motifs is 1. The van der Waals surface area contributed by atoms with Gasteiger partial charge in [-0.25, -0.2) is 0 Å². The van der Waals surface area contributed by atoms with Crippen LogP contribution in [0.1, 0.15) is 47.6 Å². The molecular formula is C25H25F3N4O4. The van der Waals surface area contributed by atoms with Crippen LogP contribution in [0.4, 0.5) is 18.9 Å². The average Bonchev–Trinajstić information content (AvgIpc) is 3.21. The van der Waals surface area contributed by atoms with Gasteiger partial charge in [0.1, 0.15) is 6.61 Å². The number of ether oxygens (including phenoxy) is 1. The number of hydrogen-bond acceptors (Lipinski definition) is 4. The van der Waals surface area contributed by atoms with Crippen molar-refractivity contribution in [1.82, 2.24) is 9.55 Å². The maximum Gasteiger partial charge on any atom is 0.416 e. The summed E-state index contributed by atoms with van der Waals surface area (Å²) in [5.41, 5.74) is 1.16. The number of alkyl halides is 3. The fraction of sp³-hybridized carbons (Fsp3) is 0.400. The summed E-state index contributed by atoms with van der Waals surface area (Å²) in [5, 5.41) is 9.96. The van der Waals surface area contributed by atoms with Gasteiger partial charge in [0.05, 0.1) is 29.3 Å². The Balaban J connectivity index is 1.59. The van der Waals surface area contributed by atoms with Gasteiger partial charge in [-0.1, -0.05) is 6.07 Å². The van der Waals surface area contributed by atoms with Crippen molar-refractivity contribution >= 4 is 28.5 Å². The van der Waals surface area contributed by atoms with Gasteiger partial charge >= 0.3 is 6.18 Å². The Morgan fingerprint density at radius 1 is 1.11 bits per heavy atom. The van der Waals surface area contributed by atoms with Gasteiger partial charge in [-0.2, -0.15) is 18.2 Å². The quantitative estimate of drug-likeness (QED) is 0.572. The number of aliphatic hydroxyl groups excluding tert-OH is 1. The molecule has 2 fully saturated rings. The molecule has 1 aliphatic carbocycles. The molecule has 0 spiro atoms. The van der Waals surface area contributed by atoms with Gasteiger partial charge < -0.3 is 24.3 Å². The SMILES string of the molecule is O=C(/N=c1\[nH]c2cc(N3CCOCC3=O)ccc2n1C1CCC(O)CC1)c1cccc(C(F)(F)F)c1. The van der Waals surface area contributed by atoms with E-state index in [2.05, 4.69) is 9.98 Å². The number of amides is 2. The van der Waals surface area contributed by atoms with E-state index in [9.17, 15) is 27.9 Å². The molecule has 0 unspecified atom stereocenters. The minimum absolute atomic E-state index is 0.000755. The van der Waals surface area contributed by atoms with Crippen LogP contribution < -0.4 is 10.5 Å². The zero-order chi connectivity index (χ0) is 25.4. The van der Waals surface area contributed by atoms with Crippen LogP contribution in [0.15, 0.2) is 47.5 Å². The van der Waals surface area contributed by atoms with E-state index in [4.69, 9.17) is 4.74 Å². The van der Waals surface area contributed by atoms with Crippen molar-refractivity contribution in [3.63, 3.8) is 0 Å². The molecule has 0 atom stereocenters. The normalized spacial score (nSPS) is 21.8. The summed E-state index contributed by atoms with van der Waals surface area (Å²) in [6.45, 7) is 0.834. The average molecular weight is 502 g/mol. The van der Waals surface area contributed by atoms with Crippen LogP contribution in [0.2, 0.25) is 0 Å². The highest BCUT2D eigenvalue weighted by Crippen LogP contribution is 2.32. The van der Waals surface area contributed by atoms with E-state index < -0.39 is 23.8 Å². The number of hydrogen-bond donors (Lipinski definition) is 2. The summed E-state index contributed by atoms with van der Waals surface area (Å²) in [7, 11) is 0. The van der Waals surface area contributed by atoms with Gasteiger partial charge in [0.15, 0.2) is 0 Å². The van der Waals surface area contributed by atoms with Gasteiger partial charge in [-0.05, 0) is 62.1 Å². The Bertz CT molecular complexity index is 1370. The molecular weight excluding hydrogens is 477 g/mol. The largest absolute Gasteiger partial charge is 0.416 e. The van der Waals surface area contributed by atoms with Crippen LogP contribution in [0, 0.1) is 0 Å². The Hall–Kier alpha value is -3.44. The molecule has 36 heavy (non-hydrogen) atoms. The van der Waals surface area contributed by atoms with Crippen molar-refractivity contribution in [2.24, 2.45) is 4.99 Å². The monoisotopic (exact) mass is 502 g/mol. The van der Waals surface area contributed by atoms with Crippen molar-refractivity contribution in [3.8, 4) is 0 Å². The first-order valence-electron chi connectivity index (χ1n) is 11.8. The van der Waals surface area contributed by atoms with Crippen LogP contribution in [0.3, 0.4) is 0 Å². The molecule has 2 heterocycles. The van der Waals surface area contributed by atoms with E-state index in [1.165, 1.54) is 12.1 Å². The van der Waals surface area contributed by atoms with Crippen molar-refractivity contribution in [1.29, 1.82) is 0 Å². The van der Waals surface area contributed by atoms with E-state index in [1.54, 1.807) is 11.0 Å². The zero-order valence-corrected chi connectivity index (χ0v) is 19.3. The molecule has 0 bridgehead atoms. The Labute approximate surface area is 204 Å². The van der Waals surface area contributed by atoms with Crippen molar-refractivity contribution in [2.45, 2.75) is 44.0 Å². The number of morpholine rings is 1. The minimum Gasteiger partial charge on any atom is -0.393 e. The lowest BCUT2D eigenvalue weighted by molar-refractivity contribution is -0.137. The lowest BCUT2D eigenvalue weighted by Crippen LogP contribution is -2.41. The summed E-state index contributed by atoms with van der Waals surface area (Å²) in [6.07, 6.45) is -2.48. The maximum atomic E-state index is 13.1. The van der Waals surface area contributed by atoms with E-state index in [-0.39, 0.29) is 29.7 Å². The van der Waals surface area contributed by atoms with Crippen LogP contribution >= 0.6 is 0 Å². The Morgan fingerprint density at radius 2 is 1.89 bits per heavy atom.